The van der Waals surface area contributed by atoms with Gasteiger partial charge in [0.1, 0.15) is 28.3 Å². The van der Waals surface area contributed by atoms with Crippen LogP contribution in [-0.2, 0) is 10.0 Å². The third kappa shape index (κ3) is 6.22. The van der Waals surface area contributed by atoms with Gasteiger partial charge in [-0.2, -0.15) is 4.31 Å². The fraction of sp³-hybridized carbons (Fsp3) is 0.345. The molecule has 1 heterocycles. The molecular formula is C29H34FN3O6S. The van der Waals surface area contributed by atoms with E-state index in [9.17, 15) is 22.7 Å². The molecule has 11 heteroatoms. The van der Waals surface area contributed by atoms with Gasteiger partial charge in [-0.1, -0.05) is 37.3 Å². The van der Waals surface area contributed by atoms with Crippen molar-refractivity contribution in [1.82, 2.24) is 9.21 Å². The Balaban J connectivity index is 1.69. The number of likely N-dealkylation sites (N-methyl/N-ethyl adjacent to an activating group) is 1. The number of halogens is 1. The molecular weight excluding hydrogens is 537 g/mol. The minimum Gasteiger partial charge on any atom is -0.497 e. The van der Waals surface area contributed by atoms with Crippen LogP contribution in [0, 0.1) is 11.7 Å². The quantitative estimate of drug-likeness (QED) is 0.434. The number of hydrogen-bond acceptors (Lipinski definition) is 6. The molecule has 0 aliphatic carbocycles. The number of aliphatic hydroxyl groups excluding tert-OH is 1. The van der Waals surface area contributed by atoms with Gasteiger partial charge in [0.25, 0.3) is 0 Å². The van der Waals surface area contributed by atoms with E-state index in [1.54, 1.807) is 39.3 Å². The van der Waals surface area contributed by atoms with Gasteiger partial charge in [0.05, 0.1) is 25.9 Å². The lowest BCUT2D eigenvalue weighted by Gasteiger charge is -2.37. The van der Waals surface area contributed by atoms with Gasteiger partial charge >= 0.3 is 6.03 Å². The molecule has 9 nitrogen and oxygen atoms in total. The van der Waals surface area contributed by atoms with Crippen molar-refractivity contribution in [1.29, 1.82) is 0 Å². The van der Waals surface area contributed by atoms with Crippen LogP contribution in [0.5, 0.6) is 11.5 Å². The van der Waals surface area contributed by atoms with Gasteiger partial charge < -0.3 is 24.8 Å². The predicted octanol–water partition coefficient (Wildman–Crippen LogP) is 4.43. The second kappa shape index (κ2) is 12.2. The number of para-hydroxylation sites is 1. The summed E-state index contributed by atoms with van der Waals surface area (Å²) in [7, 11) is -0.880. The minimum absolute atomic E-state index is 0.0274. The number of nitrogens with zero attached hydrogens (tertiary/aromatic N) is 2. The van der Waals surface area contributed by atoms with Crippen LogP contribution >= 0.6 is 0 Å². The zero-order valence-electron chi connectivity index (χ0n) is 22.9. The maximum atomic E-state index is 14.1. The van der Waals surface area contributed by atoms with Crippen LogP contribution in [0.4, 0.5) is 14.9 Å². The summed E-state index contributed by atoms with van der Waals surface area (Å²) >= 11 is 0. The molecule has 4 rings (SSSR count). The molecule has 0 unspecified atom stereocenters. The summed E-state index contributed by atoms with van der Waals surface area (Å²) in [5.74, 6) is -0.0973. The Morgan fingerprint density at radius 1 is 1.18 bits per heavy atom. The predicted molar refractivity (Wildman–Crippen MR) is 150 cm³/mol. The van der Waals surface area contributed by atoms with Crippen LogP contribution < -0.4 is 14.8 Å². The Morgan fingerprint density at radius 2 is 1.85 bits per heavy atom. The number of benzene rings is 3. The minimum atomic E-state index is -4.02. The van der Waals surface area contributed by atoms with Crippen molar-refractivity contribution in [2.45, 2.75) is 30.9 Å². The molecule has 1 aliphatic rings. The van der Waals surface area contributed by atoms with Crippen LogP contribution in [0.25, 0.3) is 11.1 Å². The Kier molecular flexibility index (Phi) is 8.97. The Bertz CT molecular complexity index is 1450. The highest BCUT2D eigenvalue weighted by Gasteiger charge is 2.38. The number of amides is 2. The molecule has 1 aliphatic heterocycles. The second-order valence-electron chi connectivity index (χ2n) is 9.92. The van der Waals surface area contributed by atoms with Crippen molar-refractivity contribution in [3.05, 3.63) is 72.5 Å². The Morgan fingerprint density at radius 3 is 2.50 bits per heavy atom. The number of carbonyl (C=O) groups excluding carboxylic acids is 1. The van der Waals surface area contributed by atoms with E-state index in [1.807, 2.05) is 31.2 Å². The van der Waals surface area contributed by atoms with E-state index in [1.165, 1.54) is 33.5 Å². The summed E-state index contributed by atoms with van der Waals surface area (Å²) in [6.07, 6.45) is -0.620. The number of carbonyl (C=O) groups is 1. The summed E-state index contributed by atoms with van der Waals surface area (Å²) in [6.45, 7) is 3.27. The van der Waals surface area contributed by atoms with Crippen molar-refractivity contribution in [3.8, 4) is 22.6 Å². The zero-order valence-corrected chi connectivity index (χ0v) is 23.7. The lowest BCUT2D eigenvalue weighted by atomic mass is 10.0. The fourth-order valence-corrected chi connectivity index (χ4v) is 6.36. The van der Waals surface area contributed by atoms with Gasteiger partial charge in [-0.3, -0.25) is 0 Å². The maximum absolute atomic E-state index is 14.1. The lowest BCUT2D eigenvalue weighted by Crippen LogP contribution is -2.50. The van der Waals surface area contributed by atoms with E-state index in [0.29, 0.717) is 5.75 Å². The third-order valence-electron chi connectivity index (χ3n) is 7.01. The number of ether oxygens (including phenoxy) is 2. The lowest BCUT2D eigenvalue weighted by molar-refractivity contribution is 0.0830. The topological polar surface area (TPSA) is 108 Å². The van der Waals surface area contributed by atoms with Gasteiger partial charge in [-0.05, 0) is 54.4 Å². The maximum Gasteiger partial charge on any atom is 0.321 e. The molecule has 0 saturated carbocycles. The molecule has 40 heavy (non-hydrogen) atoms. The molecule has 2 N–H and O–H groups in total. The molecule has 3 aromatic rings. The Hall–Kier alpha value is -3.67. The normalized spacial score (nSPS) is 19.4. The first-order valence-electron chi connectivity index (χ1n) is 12.9. The SMILES string of the molecule is COc1ccc(-c2ccc3c(c2)O[C@@H](CN(C)C(=O)Nc2ccccc2F)[C@@H](C)CN([C@H](C)CO)S3(=O)=O)cc1. The van der Waals surface area contributed by atoms with Gasteiger partial charge in [-0.25, -0.2) is 17.6 Å². The molecule has 3 aromatic carbocycles. The summed E-state index contributed by atoms with van der Waals surface area (Å²) in [6, 6.07) is 16.9. The summed E-state index contributed by atoms with van der Waals surface area (Å²) in [4.78, 5) is 14.2. The van der Waals surface area contributed by atoms with E-state index in [2.05, 4.69) is 5.32 Å². The highest BCUT2D eigenvalue weighted by atomic mass is 32.2. The van der Waals surface area contributed by atoms with Crippen LogP contribution in [0.1, 0.15) is 13.8 Å². The van der Waals surface area contributed by atoms with E-state index in [4.69, 9.17) is 9.47 Å². The standard InChI is InChI=1S/C29H34FN3O6S/c1-19-16-33(20(2)18-34)40(36,37)28-14-11-22(21-9-12-23(38-4)13-10-21)15-26(28)39-27(19)17-32(3)29(35)31-25-8-6-5-7-24(25)30/h5-15,19-20,27,34H,16-18H2,1-4H3,(H,31,35)/t19-,20+,27-/m0/s1. The number of sulfonamides is 1. The fourth-order valence-electron chi connectivity index (χ4n) is 4.53. The molecule has 0 fully saturated rings. The average molecular weight is 572 g/mol. The molecule has 0 aromatic heterocycles. The molecule has 0 saturated heterocycles. The van der Waals surface area contributed by atoms with Crippen LogP contribution in [0.3, 0.4) is 0 Å². The van der Waals surface area contributed by atoms with Gasteiger partial charge in [0.2, 0.25) is 10.0 Å². The van der Waals surface area contributed by atoms with Crippen molar-refractivity contribution in [2.24, 2.45) is 5.92 Å². The molecule has 0 bridgehead atoms. The zero-order chi connectivity index (χ0) is 29.0. The third-order valence-corrected chi connectivity index (χ3v) is 9.03. The van der Waals surface area contributed by atoms with Crippen molar-refractivity contribution in [2.75, 3.05) is 39.2 Å². The average Bonchev–Trinajstić information content (AvgIpc) is 2.95. The van der Waals surface area contributed by atoms with Gasteiger partial charge in [0, 0.05) is 25.6 Å². The highest BCUT2D eigenvalue weighted by Crippen LogP contribution is 2.37. The highest BCUT2D eigenvalue weighted by molar-refractivity contribution is 7.89. The molecule has 0 radical (unpaired) electrons. The largest absolute Gasteiger partial charge is 0.497 e. The van der Waals surface area contributed by atoms with Crippen molar-refractivity contribution >= 4 is 21.7 Å². The van der Waals surface area contributed by atoms with Gasteiger partial charge in [0.15, 0.2) is 0 Å². The monoisotopic (exact) mass is 571 g/mol. The number of urea groups is 1. The van der Waals surface area contributed by atoms with Crippen molar-refractivity contribution in [3.63, 3.8) is 0 Å². The smallest absolute Gasteiger partial charge is 0.321 e. The molecule has 214 valence electrons. The number of fused-ring (bicyclic) bond motifs is 1. The molecule has 0 spiro atoms. The first kappa shape index (κ1) is 29.3. The van der Waals surface area contributed by atoms with Crippen LogP contribution in [0.15, 0.2) is 71.6 Å². The second-order valence-corrected chi connectivity index (χ2v) is 11.8. The summed E-state index contributed by atoms with van der Waals surface area (Å²) < 4.78 is 54.4. The van der Waals surface area contributed by atoms with Crippen LogP contribution in [0.2, 0.25) is 0 Å². The van der Waals surface area contributed by atoms with E-state index < -0.39 is 34.0 Å². The number of nitrogens with one attached hydrogen (secondary N) is 1. The number of rotatable bonds is 7. The molecule has 3 atom stereocenters. The number of anilines is 1. The Labute approximate surface area is 234 Å². The summed E-state index contributed by atoms with van der Waals surface area (Å²) in [5, 5.41) is 12.4. The van der Waals surface area contributed by atoms with E-state index in [-0.39, 0.29) is 41.9 Å². The first-order valence-corrected chi connectivity index (χ1v) is 14.3. The molecule has 2 amide bonds. The van der Waals surface area contributed by atoms with Crippen LogP contribution in [-0.4, -0.2) is 74.8 Å². The first-order chi connectivity index (χ1) is 19.0. The van der Waals surface area contributed by atoms with E-state index in [0.717, 1.165) is 11.1 Å². The summed E-state index contributed by atoms with van der Waals surface area (Å²) in [5.41, 5.74) is 1.61. The number of hydrogen-bond donors (Lipinski definition) is 2. The van der Waals surface area contributed by atoms with E-state index >= 15 is 0 Å². The number of aliphatic hydroxyl groups is 1. The van der Waals surface area contributed by atoms with Crippen molar-refractivity contribution < 1.29 is 32.2 Å². The van der Waals surface area contributed by atoms with Gasteiger partial charge in [-0.15, -0.1) is 0 Å². The number of methoxy groups -OCH3 is 1.